The van der Waals surface area contributed by atoms with E-state index in [9.17, 15) is 9.59 Å². The summed E-state index contributed by atoms with van der Waals surface area (Å²) in [6, 6.07) is 11.9. The van der Waals surface area contributed by atoms with Gasteiger partial charge in [0.15, 0.2) is 0 Å². The largest absolute Gasteiger partial charge is 0.399 e. The molecule has 0 radical (unpaired) electrons. The Bertz CT molecular complexity index is 971. The van der Waals surface area contributed by atoms with E-state index in [-0.39, 0.29) is 18.2 Å². The smallest absolute Gasteiger partial charge is 0.234 e. The molecule has 2 aromatic carbocycles. The molecule has 4 rings (SSSR count). The summed E-state index contributed by atoms with van der Waals surface area (Å²) in [4.78, 5) is 23.8. The number of carbonyl (C=O) groups excluding carboxylic acids is 2. The van der Waals surface area contributed by atoms with Crippen LogP contribution in [0.5, 0.6) is 0 Å². The Balaban J connectivity index is 2.12. The molecule has 0 bridgehead atoms. The second-order valence-corrected chi connectivity index (χ2v) is 5.94. The molecule has 1 aliphatic heterocycles. The summed E-state index contributed by atoms with van der Waals surface area (Å²) in [7, 11) is 0. The molecule has 116 valence electrons. The number of rotatable bonds is 2. The average Bonchev–Trinajstić information content (AvgIpc) is 3.03. The Morgan fingerprint density at radius 3 is 2.70 bits per heavy atom. The SMILES string of the molecule is CCn1c2ccccc2c2cc(N)cc(C3CC(=O)NC3=O)c21. The molecule has 1 saturated heterocycles. The van der Waals surface area contributed by atoms with E-state index >= 15 is 0 Å². The van der Waals surface area contributed by atoms with E-state index in [1.54, 1.807) is 0 Å². The van der Waals surface area contributed by atoms with Gasteiger partial charge in [0.25, 0.3) is 0 Å². The fraction of sp³-hybridized carbons (Fsp3) is 0.222. The van der Waals surface area contributed by atoms with Gasteiger partial charge in [0, 0.05) is 34.9 Å². The van der Waals surface area contributed by atoms with Gasteiger partial charge in [0.05, 0.1) is 11.4 Å². The number of carbonyl (C=O) groups is 2. The van der Waals surface area contributed by atoms with E-state index < -0.39 is 5.92 Å². The summed E-state index contributed by atoms with van der Waals surface area (Å²) in [5, 5.41) is 4.54. The predicted octanol–water partition coefficient (Wildman–Crippen LogP) is 2.53. The number of nitrogen functional groups attached to an aromatic ring is 1. The van der Waals surface area contributed by atoms with Gasteiger partial charge in [-0.1, -0.05) is 18.2 Å². The van der Waals surface area contributed by atoms with Crippen molar-refractivity contribution in [1.82, 2.24) is 9.88 Å². The lowest BCUT2D eigenvalue weighted by molar-refractivity contribution is -0.125. The Hall–Kier alpha value is -2.82. The molecule has 23 heavy (non-hydrogen) atoms. The highest BCUT2D eigenvalue weighted by molar-refractivity contribution is 6.13. The summed E-state index contributed by atoms with van der Waals surface area (Å²) in [6.07, 6.45) is 0.183. The number of fused-ring (bicyclic) bond motifs is 3. The number of aryl methyl sites for hydroxylation is 1. The summed E-state index contributed by atoms with van der Waals surface area (Å²) < 4.78 is 2.19. The third-order valence-electron chi connectivity index (χ3n) is 4.58. The van der Waals surface area contributed by atoms with Crippen molar-refractivity contribution in [2.24, 2.45) is 0 Å². The van der Waals surface area contributed by atoms with Gasteiger partial charge >= 0.3 is 0 Å². The minimum Gasteiger partial charge on any atom is -0.399 e. The highest BCUT2D eigenvalue weighted by atomic mass is 16.2. The number of imide groups is 1. The van der Waals surface area contributed by atoms with Crippen LogP contribution in [0.3, 0.4) is 0 Å². The minimum atomic E-state index is -0.469. The van der Waals surface area contributed by atoms with Gasteiger partial charge in [-0.15, -0.1) is 0 Å². The van der Waals surface area contributed by atoms with Crippen molar-refractivity contribution in [1.29, 1.82) is 0 Å². The fourth-order valence-electron chi connectivity index (χ4n) is 3.64. The average molecular weight is 307 g/mol. The first-order chi connectivity index (χ1) is 11.1. The van der Waals surface area contributed by atoms with Crippen molar-refractivity contribution >= 4 is 39.3 Å². The molecule has 2 heterocycles. The molecule has 1 unspecified atom stereocenters. The van der Waals surface area contributed by atoms with Crippen LogP contribution in [0, 0.1) is 0 Å². The number of nitrogens with zero attached hydrogens (tertiary/aromatic N) is 1. The zero-order valence-electron chi connectivity index (χ0n) is 12.8. The van der Waals surface area contributed by atoms with Crippen LogP contribution in [-0.2, 0) is 16.1 Å². The third kappa shape index (κ3) is 1.93. The Morgan fingerprint density at radius 1 is 1.22 bits per heavy atom. The molecule has 5 nitrogen and oxygen atoms in total. The summed E-state index contributed by atoms with van der Waals surface area (Å²) >= 11 is 0. The third-order valence-corrected chi connectivity index (χ3v) is 4.58. The van der Waals surface area contributed by atoms with Crippen LogP contribution < -0.4 is 11.1 Å². The molecule has 0 saturated carbocycles. The van der Waals surface area contributed by atoms with Crippen LogP contribution in [0.15, 0.2) is 36.4 Å². The molecule has 1 atom stereocenters. The van der Waals surface area contributed by atoms with E-state index in [0.29, 0.717) is 5.69 Å². The predicted molar refractivity (Wildman–Crippen MR) is 90.0 cm³/mol. The van der Waals surface area contributed by atoms with E-state index in [0.717, 1.165) is 33.9 Å². The number of amides is 2. The van der Waals surface area contributed by atoms with Crippen molar-refractivity contribution in [2.45, 2.75) is 25.8 Å². The summed E-state index contributed by atoms with van der Waals surface area (Å²) in [5.41, 5.74) is 9.64. The Labute approximate surface area is 133 Å². The molecule has 3 aromatic rings. The lowest BCUT2D eigenvalue weighted by atomic mass is 9.94. The lowest BCUT2D eigenvalue weighted by Crippen LogP contribution is -2.21. The lowest BCUT2D eigenvalue weighted by Gasteiger charge is -2.13. The fourth-order valence-corrected chi connectivity index (χ4v) is 3.64. The van der Waals surface area contributed by atoms with Crippen LogP contribution in [0.25, 0.3) is 21.8 Å². The van der Waals surface area contributed by atoms with Crippen LogP contribution >= 0.6 is 0 Å². The zero-order chi connectivity index (χ0) is 16.1. The maximum absolute atomic E-state index is 12.2. The van der Waals surface area contributed by atoms with Gasteiger partial charge in [0.1, 0.15) is 0 Å². The Morgan fingerprint density at radius 2 is 2.00 bits per heavy atom. The van der Waals surface area contributed by atoms with Gasteiger partial charge in [-0.3, -0.25) is 14.9 Å². The van der Waals surface area contributed by atoms with Crippen LogP contribution in [0.4, 0.5) is 5.69 Å². The normalized spacial score (nSPS) is 18.0. The number of anilines is 1. The molecule has 5 heteroatoms. The molecular weight excluding hydrogens is 290 g/mol. The van der Waals surface area contributed by atoms with Gasteiger partial charge in [-0.05, 0) is 30.7 Å². The summed E-state index contributed by atoms with van der Waals surface area (Å²) in [5.74, 6) is -0.937. The first-order valence-corrected chi connectivity index (χ1v) is 7.74. The molecule has 1 fully saturated rings. The van der Waals surface area contributed by atoms with Crippen molar-refractivity contribution < 1.29 is 9.59 Å². The molecule has 0 spiro atoms. The quantitative estimate of drug-likeness (QED) is 0.564. The van der Waals surface area contributed by atoms with Crippen LogP contribution in [-0.4, -0.2) is 16.4 Å². The van der Waals surface area contributed by atoms with E-state index in [2.05, 4.69) is 28.9 Å². The van der Waals surface area contributed by atoms with Crippen molar-refractivity contribution in [3.8, 4) is 0 Å². The second kappa shape index (κ2) is 4.84. The molecule has 1 aliphatic rings. The van der Waals surface area contributed by atoms with E-state index in [1.165, 1.54) is 0 Å². The first kappa shape index (κ1) is 13.8. The monoisotopic (exact) mass is 307 g/mol. The maximum Gasteiger partial charge on any atom is 0.234 e. The first-order valence-electron chi connectivity index (χ1n) is 7.74. The molecule has 1 aromatic heterocycles. The van der Waals surface area contributed by atoms with Gasteiger partial charge < -0.3 is 10.3 Å². The highest BCUT2D eigenvalue weighted by Gasteiger charge is 2.34. The van der Waals surface area contributed by atoms with Crippen LogP contribution in [0.2, 0.25) is 0 Å². The Kier molecular flexibility index (Phi) is 2.91. The van der Waals surface area contributed by atoms with E-state index in [4.69, 9.17) is 5.73 Å². The number of hydrogen-bond donors (Lipinski definition) is 2. The minimum absolute atomic E-state index is 0.183. The van der Waals surface area contributed by atoms with Crippen molar-refractivity contribution in [3.05, 3.63) is 42.0 Å². The molecule has 0 aliphatic carbocycles. The topological polar surface area (TPSA) is 77.1 Å². The number of hydrogen-bond acceptors (Lipinski definition) is 3. The molecule has 2 amide bonds. The summed E-state index contributed by atoms with van der Waals surface area (Å²) in [6.45, 7) is 2.86. The zero-order valence-corrected chi connectivity index (χ0v) is 12.8. The van der Waals surface area contributed by atoms with Gasteiger partial charge in [-0.25, -0.2) is 0 Å². The van der Waals surface area contributed by atoms with E-state index in [1.807, 2.05) is 24.3 Å². The number of para-hydroxylation sites is 1. The molecular formula is C18H17N3O2. The highest BCUT2D eigenvalue weighted by Crippen LogP contribution is 2.38. The number of aromatic nitrogens is 1. The number of nitrogens with two attached hydrogens (primary N) is 1. The second-order valence-electron chi connectivity index (χ2n) is 5.94. The standard InChI is InChI=1S/C18H17N3O2/c1-2-21-15-6-4-3-5-11(15)12-7-10(19)8-13(17(12)21)14-9-16(22)20-18(14)23/h3-8,14H,2,9,19H2,1H3,(H,20,22,23). The van der Waals surface area contributed by atoms with Crippen molar-refractivity contribution in [2.75, 3.05) is 5.73 Å². The number of nitrogens with one attached hydrogen (secondary N) is 1. The maximum atomic E-state index is 12.2. The van der Waals surface area contributed by atoms with Crippen LogP contribution in [0.1, 0.15) is 24.8 Å². The van der Waals surface area contributed by atoms with Gasteiger partial charge in [-0.2, -0.15) is 0 Å². The van der Waals surface area contributed by atoms with Crippen molar-refractivity contribution in [3.63, 3.8) is 0 Å². The molecule has 3 N–H and O–H groups in total. The number of benzene rings is 2. The van der Waals surface area contributed by atoms with Gasteiger partial charge in [0.2, 0.25) is 11.8 Å².